The number of ether oxygens (including phenoxy) is 1. The van der Waals surface area contributed by atoms with Gasteiger partial charge in [-0.25, -0.2) is 9.59 Å². The molecule has 1 radical (unpaired) electrons. The van der Waals surface area contributed by atoms with Gasteiger partial charge in [0, 0.05) is 11.1 Å². The molecule has 0 aromatic heterocycles. The minimum Gasteiger partial charge on any atom is -0.478 e. The number of carboxylic acid groups (broad SMARTS) is 1. The van der Waals surface area contributed by atoms with Gasteiger partial charge in [0.2, 0.25) is 0 Å². The molecular weight excluding hydrogens is 196 g/mol. The molecule has 0 aliphatic carbocycles. The highest BCUT2D eigenvalue weighted by Gasteiger charge is 1.95. The number of hydrogen-bond acceptors (Lipinski definition) is 3. The fourth-order valence-corrected chi connectivity index (χ4v) is 0.174. The fraction of sp³-hybridized carbons (Fsp3) is 0.364. The number of esters is 1. The Morgan fingerprint density at radius 2 is 1.33 bits per heavy atom. The van der Waals surface area contributed by atoms with E-state index in [-0.39, 0.29) is 11.5 Å². The van der Waals surface area contributed by atoms with Crippen LogP contribution >= 0.6 is 0 Å². The van der Waals surface area contributed by atoms with Gasteiger partial charge in [-0.15, -0.1) is 0 Å². The normalized spacial score (nSPS) is 7.00. The maximum atomic E-state index is 10.2. The zero-order valence-electron chi connectivity index (χ0n) is 9.79. The minimum atomic E-state index is -0.935. The van der Waals surface area contributed by atoms with Crippen LogP contribution in [0.3, 0.4) is 0 Å². The summed E-state index contributed by atoms with van der Waals surface area (Å²) in [4.78, 5) is 19.8. The molecule has 0 fully saturated rings. The first-order valence-electron chi connectivity index (χ1n) is 4.16. The van der Waals surface area contributed by atoms with Gasteiger partial charge in [-0.2, -0.15) is 0 Å². The highest BCUT2D eigenvalue weighted by atomic mass is 16.5. The van der Waals surface area contributed by atoms with E-state index in [4.69, 9.17) is 5.11 Å². The van der Waals surface area contributed by atoms with Crippen molar-refractivity contribution in [2.24, 2.45) is 0 Å². The first-order valence-corrected chi connectivity index (χ1v) is 4.16. The third kappa shape index (κ3) is 19.0. The van der Waals surface area contributed by atoms with E-state index in [1.807, 2.05) is 0 Å². The van der Waals surface area contributed by atoms with Crippen molar-refractivity contribution in [3.05, 3.63) is 31.2 Å². The van der Waals surface area contributed by atoms with Gasteiger partial charge in [0.25, 0.3) is 0 Å². The lowest BCUT2D eigenvalue weighted by atomic mass is 10.4. The summed E-state index contributed by atoms with van der Waals surface area (Å²) in [5.74, 6) is -1.28. The summed E-state index contributed by atoms with van der Waals surface area (Å²) >= 11 is 0. The van der Waals surface area contributed by atoms with E-state index < -0.39 is 5.97 Å². The van der Waals surface area contributed by atoms with Crippen molar-refractivity contribution in [2.75, 3.05) is 7.11 Å². The van der Waals surface area contributed by atoms with Gasteiger partial charge < -0.3 is 9.84 Å². The maximum Gasteiger partial charge on any atom is 0.332 e. The van der Waals surface area contributed by atoms with Crippen LogP contribution < -0.4 is 0 Å². The molecule has 0 heterocycles. The zero-order chi connectivity index (χ0) is 13.0. The lowest BCUT2D eigenvalue weighted by Crippen LogP contribution is -1.98. The number of rotatable bonds is 2. The number of aliphatic carboxylic acids is 1. The second kappa shape index (κ2) is 12.4. The topological polar surface area (TPSA) is 63.6 Å². The van der Waals surface area contributed by atoms with Crippen molar-refractivity contribution in [3.63, 3.8) is 0 Å². The van der Waals surface area contributed by atoms with E-state index in [1.54, 1.807) is 13.8 Å². The van der Waals surface area contributed by atoms with E-state index in [1.165, 1.54) is 14.0 Å². The summed E-state index contributed by atoms with van der Waals surface area (Å²) in [5, 5.41) is 7.89. The van der Waals surface area contributed by atoms with E-state index in [9.17, 15) is 9.59 Å². The van der Waals surface area contributed by atoms with Crippen molar-refractivity contribution in [2.45, 2.75) is 20.8 Å². The lowest BCUT2D eigenvalue weighted by molar-refractivity contribution is -0.136. The molecule has 0 aromatic carbocycles. The SMILES string of the molecule is C=C(C)C(=O)O.C=C(C)C(=O)OC.[CH2]C. The van der Waals surface area contributed by atoms with Gasteiger partial charge in [-0.05, 0) is 13.8 Å². The summed E-state index contributed by atoms with van der Waals surface area (Å²) in [5.41, 5.74) is 0.609. The van der Waals surface area contributed by atoms with E-state index in [0.717, 1.165) is 0 Å². The Bertz CT molecular complexity index is 217. The molecule has 15 heavy (non-hydrogen) atoms. The van der Waals surface area contributed by atoms with Crippen molar-refractivity contribution < 1.29 is 19.4 Å². The molecule has 0 aliphatic rings. The van der Waals surface area contributed by atoms with Crippen LogP contribution in [0.25, 0.3) is 0 Å². The highest BCUT2D eigenvalue weighted by molar-refractivity contribution is 5.86. The van der Waals surface area contributed by atoms with Gasteiger partial charge in [0.05, 0.1) is 7.11 Å². The van der Waals surface area contributed by atoms with Gasteiger partial charge >= 0.3 is 11.9 Å². The molecule has 1 N–H and O–H groups in total. The van der Waals surface area contributed by atoms with Crippen LogP contribution in [-0.2, 0) is 14.3 Å². The Labute approximate surface area is 91.3 Å². The molecule has 0 atom stereocenters. The summed E-state index contributed by atoms with van der Waals surface area (Å²) in [7, 11) is 1.33. The molecule has 4 heteroatoms. The summed E-state index contributed by atoms with van der Waals surface area (Å²) in [6.07, 6.45) is 0. The van der Waals surface area contributed by atoms with Gasteiger partial charge in [0.1, 0.15) is 0 Å². The van der Waals surface area contributed by atoms with Crippen LogP contribution in [-0.4, -0.2) is 24.2 Å². The Balaban J connectivity index is -0.000000166. The standard InChI is InChI=1S/C5H8O2.C4H6O2.C2H5/c1-4(2)5(6)7-3;1-3(2)4(5)6;1-2/h1H2,2-3H3;1H2,2H3,(H,5,6);1H2,2H3. The smallest absolute Gasteiger partial charge is 0.332 e. The van der Waals surface area contributed by atoms with E-state index in [0.29, 0.717) is 5.57 Å². The van der Waals surface area contributed by atoms with Crippen LogP contribution in [0.1, 0.15) is 20.8 Å². The maximum absolute atomic E-state index is 10.2. The average molecular weight is 215 g/mol. The Kier molecular flexibility index (Phi) is 15.8. The van der Waals surface area contributed by atoms with Gasteiger partial charge in [-0.1, -0.05) is 27.0 Å². The summed E-state index contributed by atoms with van der Waals surface area (Å²) in [6, 6.07) is 0. The third-order valence-corrected chi connectivity index (χ3v) is 0.899. The van der Waals surface area contributed by atoms with Gasteiger partial charge in [0.15, 0.2) is 0 Å². The fourth-order valence-electron chi connectivity index (χ4n) is 0.174. The molecule has 0 rings (SSSR count). The number of carbonyl (C=O) groups is 2. The molecular formula is C11H19O4. The van der Waals surface area contributed by atoms with Crippen molar-refractivity contribution in [1.29, 1.82) is 0 Å². The number of carboxylic acids is 1. The van der Waals surface area contributed by atoms with Crippen LogP contribution in [0.5, 0.6) is 0 Å². The van der Waals surface area contributed by atoms with Crippen LogP contribution in [0.15, 0.2) is 24.3 Å². The molecule has 4 nitrogen and oxygen atoms in total. The van der Waals surface area contributed by atoms with Crippen LogP contribution in [0, 0.1) is 6.92 Å². The highest BCUT2D eigenvalue weighted by Crippen LogP contribution is 1.87. The predicted octanol–water partition coefficient (Wildman–Crippen LogP) is 2.22. The first-order chi connectivity index (χ1) is 6.82. The van der Waals surface area contributed by atoms with Gasteiger partial charge in [-0.3, -0.25) is 0 Å². The van der Waals surface area contributed by atoms with E-state index >= 15 is 0 Å². The summed E-state index contributed by atoms with van der Waals surface area (Å²) < 4.78 is 4.27. The molecule has 0 saturated heterocycles. The Hall–Kier alpha value is -1.58. The summed E-state index contributed by atoms with van der Waals surface area (Å²) in [6.45, 7) is 14.6. The largest absolute Gasteiger partial charge is 0.478 e. The molecule has 0 aliphatic heterocycles. The minimum absolute atomic E-state index is 0.176. The quantitative estimate of drug-likeness (QED) is 0.566. The van der Waals surface area contributed by atoms with E-state index in [2.05, 4.69) is 24.8 Å². The van der Waals surface area contributed by atoms with Crippen LogP contribution in [0.4, 0.5) is 0 Å². The average Bonchev–Trinajstić information content (AvgIpc) is 2.20. The Morgan fingerprint density at radius 3 is 1.33 bits per heavy atom. The first kappa shape index (κ1) is 19.1. The lowest BCUT2D eigenvalue weighted by Gasteiger charge is -1.91. The number of carbonyl (C=O) groups excluding carboxylic acids is 1. The van der Waals surface area contributed by atoms with Crippen molar-refractivity contribution >= 4 is 11.9 Å². The predicted molar refractivity (Wildman–Crippen MR) is 60.3 cm³/mol. The number of hydrogen-bond donors (Lipinski definition) is 1. The zero-order valence-corrected chi connectivity index (χ0v) is 9.79. The molecule has 0 saturated carbocycles. The van der Waals surface area contributed by atoms with Crippen LogP contribution in [0.2, 0.25) is 0 Å². The second-order valence-electron chi connectivity index (χ2n) is 2.36. The monoisotopic (exact) mass is 215 g/mol. The molecule has 0 unspecified atom stereocenters. The Morgan fingerprint density at radius 1 is 1.07 bits per heavy atom. The molecule has 0 spiro atoms. The van der Waals surface area contributed by atoms with Crippen molar-refractivity contribution in [1.82, 2.24) is 0 Å². The third-order valence-electron chi connectivity index (χ3n) is 0.899. The second-order valence-corrected chi connectivity index (χ2v) is 2.36. The molecule has 0 bridgehead atoms. The molecule has 87 valence electrons. The molecule has 0 aromatic rings. The van der Waals surface area contributed by atoms with Crippen molar-refractivity contribution in [3.8, 4) is 0 Å². The molecule has 0 amide bonds. The number of methoxy groups -OCH3 is 1.